The van der Waals surface area contributed by atoms with Crippen molar-refractivity contribution in [1.29, 1.82) is 0 Å². The summed E-state index contributed by atoms with van der Waals surface area (Å²) in [7, 11) is 0. The number of amides is 1. The Kier molecular flexibility index (Phi) is 5.12. The molecule has 0 unspecified atom stereocenters. The molecule has 1 amide bonds. The molecule has 1 aromatic carbocycles. The number of para-hydroxylation sites is 1. The minimum atomic E-state index is -0.336. The highest BCUT2D eigenvalue weighted by molar-refractivity contribution is 5.85. The molecular weight excluding hydrogens is 400 g/mol. The van der Waals surface area contributed by atoms with E-state index in [2.05, 4.69) is 28.5 Å². The van der Waals surface area contributed by atoms with Gasteiger partial charge in [0.25, 0.3) is 0 Å². The first kappa shape index (κ1) is 20.0. The third-order valence-electron chi connectivity index (χ3n) is 7.49. The average molecular weight is 429 g/mol. The molecule has 3 fully saturated rings. The van der Waals surface area contributed by atoms with E-state index >= 15 is 0 Å². The Morgan fingerprint density at radius 1 is 1.17 bits per heavy atom. The molecule has 3 atom stereocenters. The van der Waals surface area contributed by atoms with Gasteiger partial charge in [0, 0.05) is 31.4 Å². The fraction of sp³-hybridized carbons (Fsp3) is 0.565. The number of fused-ring (bicyclic) bond motifs is 4. The SMILES string of the molecule is Cl.O=C([C@H]1C[C@H]2CC[C@@H]1N2)N1CCC2(CC1)OCCc1cn(-c3ccccc3)nc12. The number of ether oxygens (including phenoxy) is 1. The second kappa shape index (κ2) is 7.66. The molecule has 0 aliphatic carbocycles. The fourth-order valence-electron chi connectivity index (χ4n) is 5.92. The van der Waals surface area contributed by atoms with Gasteiger partial charge >= 0.3 is 0 Å². The molecule has 0 saturated carbocycles. The van der Waals surface area contributed by atoms with E-state index in [1.54, 1.807) is 0 Å². The second-order valence-electron chi connectivity index (χ2n) is 9.09. The molecule has 3 saturated heterocycles. The van der Waals surface area contributed by atoms with Gasteiger partial charge in [-0.3, -0.25) is 4.79 Å². The number of carbonyl (C=O) groups is 1. The van der Waals surface area contributed by atoms with Crippen LogP contribution in [0.3, 0.4) is 0 Å². The molecule has 4 aliphatic rings. The molecule has 160 valence electrons. The smallest absolute Gasteiger partial charge is 0.227 e. The van der Waals surface area contributed by atoms with E-state index in [1.165, 1.54) is 12.0 Å². The summed E-state index contributed by atoms with van der Waals surface area (Å²) in [5, 5.41) is 8.56. The zero-order valence-corrected chi connectivity index (χ0v) is 17.9. The monoisotopic (exact) mass is 428 g/mol. The van der Waals surface area contributed by atoms with E-state index in [1.807, 2.05) is 22.9 Å². The van der Waals surface area contributed by atoms with Crippen LogP contribution in [0.4, 0.5) is 0 Å². The molecule has 5 heterocycles. The van der Waals surface area contributed by atoms with Crippen molar-refractivity contribution in [3.63, 3.8) is 0 Å². The number of carbonyl (C=O) groups excluding carboxylic acids is 1. The van der Waals surface area contributed by atoms with E-state index in [9.17, 15) is 4.79 Å². The van der Waals surface area contributed by atoms with Crippen LogP contribution in [-0.4, -0.2) is 52.4 Å². The van der Waals surface area contributed by atoms with Crippen molar-refractivity contribution in [3.05, 3.63) is 47.8 Å². The van der Waals surface area contributed by atoms with Gasteiger partial charge in [-0.1, -0.05) is 18.2 Å². The van der Waals surface area contributed by atoms with Crippen LogP contribution in [0, 0.1) is 5.92 Å². The molecule has 1 N–H and O–H groups in total. The van der Waals surface area contributed by atoms with Gasteiger partial charge in [0.2, 0.25) is 5.91 Å². The third kappa shape index (κ3) is 3.17. The van der Waals surface area contributed by atoms with Crippen LogP contribution in [0.1, 0.15) is 43.4 Å². The number of piperidine rings is 1. The van der Waals surface area contributed by atoms with E-state index < -0.39 is 0 Å². The number of aromatic nitrogens is 2. The number of hydrogen-bond donors (Lipinski definition) is 1. The Morgan fingerprint density at radius 2 is 1.97 bits per heavy atom. The molecule has 1 spiro atoms. The quantitative estimate of drug-likeness (QED) is 0.799. The second-order valence-corrected chi connectivity index (χ2v) is 9.09. The summed E-state index contributed by atoms with van der Waals surface area (Å²) in [6, 6.07) is 11.2. The van der Waals surface area contributed by atoms with Gasteiger partial charge in [-0.15, -0.1) is 12.4 Å². The zero-order valence-electron chi connectivity index (χ0n) is 17.1. The Morgan fingerprint density at radius 3 is 2.67 bits per heavy atom. The Bertz CT molecular complexity index is 923. The maximum Gasteiger partial charge on any atom is 0.227 e. The van der Waals surface area contributed by atoms with Crippen LogP contribution >= 0.6 is 12.4 Å². The Hall–Kier alpha value is -1.89. The van der Waals surface area contributed by atoms with Gasteiger partial charge < -0.3 is 15.0 Å². The first-order valence-electron chi connectivity index (χ1n) is 11.1. The number of rotatable bonds is 2. The number of benzene rings is 1. The van der Waals surface area contributed by atoms with Gasteiger partial charge in [-0.25, -0.2) is 4.68 Å². The molecule has 30 heavy (non-hydrogen) atoms. The maximum absolute atomic E-state index is 13.1. The van der Waals surface area contributed by atoms with Gasteiger partial charge in [-0.2, -0.15) is 5.10 Å². The van der Waals surface area contributed by atoms with E-state index in [0.29, 0.717) is 18.0 Å². The molecule has 6 rings (SSSR count). The predicted molar refractivity (Wildman–Crippen MR) is 116 cm³/mol. The van der Waals surface area contributed by atoms with Gasteiger partial charge in [0.05, 0.1) is 23.9 Å². The number of likely N-dealkylation sites (tertiary alicyclic amines) is 1. The van der Waals surface area contributed by atoms with E-state index in [4.69, 9.17) is 9.84 Å². The largest absolute Gasteiger partial charge is 0.368 e. The van der Waals surface area contributed by atoms with Gasteiger partial charge in [-0.05, 0) is 56.2 Å². The average Bonchev–Trinajstić information content (AvgIpc) is 3.51. The Balaban J connectivity index is 0.00000193. The van der Waals surface area contributed by atoms with Crippen molar-refractivity contribution >= 4 is 18.3 Å². The van der Waals surface area contributed by atoms with E-state index in [-0.39, 0.29) is 23.9 Å². The highest BCUT2D eigenvalue weighted by Gasteiger charge is 2.48. The zero-order chi connectivity index (χ0) is 19.4. The van der Waals surface area contributed by atoms with Crippen molar-refractivity contribution < 1.29 is 9.53 Å². The summed E-state index contributed by atoms with van der Waals surface area (Å²) < 4.78 is 8.34. The summed E-state index contributed by atoms with van der Waals surface area (Å²) in [5.41, 5.74) is 3.11. The Labute approximate surface area is 183 Å². The van der Waals surface area contributed by atoms with Crippen LogP contribution in [0.25, 0.3) is 5.69 Å². The highest BCUT2D eigenvalue weighted by Crippen LogP contribution is 2.42. The minimum Gasteiger partial charge on any atom is -0.368 e. The highest BCUT2D eigenvalue weighted by atomic mass is 35.5. The first-order chi connectivity index (χ1) is 14.2. The molecule has 2 bridgehead atoms. The summed E-state index contributed by atoms with van der Waals surface area (Å²) in [4.78, 5) is 15.2. The summed E-state index contributed by atoms with van der Waals surface area (Å²) in [6.45, 7) is 2.27. The molecule has 2 aromatic rings. The summed E-state index contributed by atoms with van der Waals surface area (Å²) >= 11 is 0. The maximum atomic E-state index is 13.1. The van der Waals surface area contributed by atoms with Crippen molar-refractivity contribution in [2.45, 2.75) is 56.2 Å². The molecular formula is C23H29ClN4O2. The normalized spacial score (nSPS) is 28.9. The van der Waals surface area contributed by atoms with Crippen LogP contribution in [-0.2, 0) is 21.6 Å². The standard InChI is InChI=1S/C23H28N4O2.ClH/c28-22(19-14-17-6-7-20(19)24-17)26-11-9-23(10-12-26)21-16(8-13-29-23)15-27(25-21)18-4-2-1-3-5-18;/h1-5,15,17,19-20,24H,6-14H2;1H/t17-,19+,20+;/m1./s1. The molecule has 4 aliphatic heterocycles. The lowest BCUT2D eigenvalue weighted by atomic mass is 9.82. The van der Waals surface area contributed by atoms with Crippen LogP contribution in [0.15, 0.2) is 36.5 Å². The van der Waals surface area contributed by atoms with Crippen LogP contribution < -0.4 is 5.32 Å². The molecule has 0 radical (unpaired) electrons. The number of hydrogen-bond acceptors (Lipinski definition) is 4. The summed E-state index contributed by atoms with van der Waals surface area (Å²) in [6.07, 6.45) is 8.15. The lowest BCUT2D eigenvalue weighted by Crippen LogP contribution is -2.51. The fourth-order valence-corrected chi connectivity index (χ4v) is 5.92. The first-order valence-corrected chi connectivity index (χ1v) is 11.1. The lowest BCUT2D eigenvalue weighted by Gasteiger charge is -2.43. The van der Waals surface area contributed by atoms with Crippen molar-refractivity contribution in [2.24, 2.45) is 5.92 Å². The van der Waals surface area contributed by atoms with Gasteiger partial charge in [0.15, 0.2) is 0 Å². The summed E-state index contributed by atoms with van der Waals surface area (Å²) in [5.74, 6) is 0.535. The molecule has 1 aromatic heterocycles. The third-order valence-corrected chi connectivity index (χ3v) is 7.49. The number of nitrogens with one attached hydrogen (secondary N) is 1. The predicted octanol–water partition coefficient (Wildman–Crippen LogP) is 2.83. The van der Waals surface area contributed by atoms with E-state index in [0.717, 1.165) is 63.2 Å². The van der Waals surface area contributed by atoms with Gasteiger partial charge in [0.1, 0.15) is 5.60 Å². The van der Waals surface area contributed by atoms with Crippen LogP contribution in [0.5, 0.6) is 0 Å². The van der Waals surface area contributed by atoms with Crippen molar-refractivity contribution in [1.82, 2.24) is 20.0 Å². The molecule has 7 heteroatoms. The molecule has 6 nitrogen and oxygen atoms in total. The number of halogens is 1. The number of nitrogens with zero attached hydrogens (tertiary/aromatic N) is 3. The lowest BCUT2D eigenvalue weighted by molar-refractivity contribution is -0.145. The topological polar surface area (TPSA) is 59.4 Å². The van der Waals surface area contributed by atoms with Crippen molar-refractivity contribution in [2.75, 3.05) is 19.7 Å². The van der Waals surface area contributed by atoms with Crippen LogP contribution in [0.2, 0.25) is 0 Å². The van der Waals surface area contributed by atoms with Crippen molar-refractivity contribution in [3.8, 4) is 5.69 Å². The minimum absolute atomic E-state index is 0.